The van der Waals surface area contributed by atoms with Crippen LogP contribution in [0.2, 0.25) is 0 Å². The highest BCUT2D eigenvalue weighted by Gasteiger charge is 2.21. The molecule has 28 heavy (non-hydrogen) atoms. The third-order valence-corrected chi connectivity index (χ3v) is 5.04. The van der Waals surface area contributed by atoms with Crippen molar-refractivity contribution in [2.75, 3.05) is 26.4 Å². The van der Waals surface area contributed by atoms with Crippen LogP contribution >= 0.6 is 24.0 Å². The number of nitrogens with one attached hydrogen (secondary N) is 1. The van der Waals surface area contributed by atoms with Gasteiger partial charge in [0, 0.05) is 0 Å². The van der Waals surface area contributed by atoms with Crippen molar-refractivity contribution >= 4 is 40.3 Å². The summed E-state index contributed by atoms with van der Waals surface area (Å²) in [5.74, 6) is 1.44. The molecule has 2 aromatic rings. The largest absolute Gasteiger partial charge is 0.491 e. The van der Waals surface area contributed by atoms with Gasteiger partial charge in [-0.05, 0) is 42.3 Å². The zero-order valence-corrected chi connectivity index (χ0v) is 17.1. The second-order valence-electron chi connectivity index (χ2n) is 6.00. The van der Waals surface area contributed by atoms with E-state index >= 15 is 0 Å². The number of amides is 1. The van der Waals surface area contributed by atoms with Crippen LogP contribution in [0.15, 0.2) is 53.4 Å². The number of hydrogen-bond donors (Lipinski definition) is 1. The van der Waals surface area contributed by atoms with Crippen molar-refractivity contribution in [3.05, 3.63) is 64.6 Å². The van der Waals surface area contributed by atoms with Crippen LogP contribution in [0.4, 0.5) is 0 Å². The summed E-state index contributed by atoms with van der Waals surface area (Å²) in [6.07, 6.45) is 1.80. The van der Waals surface area contributed by atoms with Crippen molar-refractivity contribution < 1.29 is 19.0 Å². The number of aryl methyl sites for hydroxylation is 1. The Labute approximate surface area is 174 Å². The number of ether oxygens (including phenoxy) is 3. The zero-order chi connectivity index (χ0) is 19.8. The average Bonchev–Trinajstić information content (AvgIpc) is 2.99. The molecule has 7 heteroatoms. The van der Waals surface area contributed by atoms with Crippen LogP contribution in [-0.4, -0.2) is 36.7 Å². The molecule has 1 aliphatic rings. The minimum atomic E-state index is -0.164. The molecular weight excluding hydrogens is 394 g/mol. The molecule has 5 nitrogen and oxygen atoms in total. The van der Waals surface area contributed by atoms with Crippen LogP contribution in [0.5, 0.6) is 11.5 Å². The Kier molecular flexibility index (Phi) is 7.47. The third kappa shape index (κ3) is 6.09. The highest BCUT2D eigenvalue weighted by atomic mass is 32.2. The van der Waals surface area contributed by atoms with Crippen LogP contribution in [0.3, 0.4) is 0 Å². The van der Waals surface area contributed by atoms with Gasteiger partial charge in [0.15, 0.2) is 0 Å². The fourth-order valence-electron chi connectivity index (χ4n) is 2.52. The summed E-state index contributed by atoms with van der Waals surface area (Å²) in [5.41, 5.74) is 1.99. The Morgan fingerprint density at radius 2 is 1.82 bits per heavy atom. The number of thiocarbonyl (C=S) groups is 1. The van der Waals surface area contributed by atoms with Crippen LogP contribution < -0.4 is 14.8 Å². The number of carbonyl (C=O) groups excluding carboxylic acids is 1. The van der Waals surface area contributed by atoms with E-state index in [1.807, 2.05) is 55.5 Å². The second-order valence-corrected chi connectivity index (χ2v) is 7.72. The number of carbonyl (C=O) groups is 1. The lowest BCUT2D eigenvalue weighted by Gasteiger charge is -2.10. The SMILES string of the molecule is Cc1ccccc1OCCOCCOc1cccc(/C=C2\SC(=S)NC2=O)c1. The van der Waals surface area contributed by atoms with E-state index in [4.69, 9.17) is 26.4 Å². The lowest BCUT2D eigenvalue weighted by molar-refractivity contribution is -0.115. The van der Waals surface area contributed by atoms with Gasteiger partial charge in [-0.2, -0.15) is 0 Å². The molecule has 1 saturated heterocycles. The van der Waals surface area contributed by atoms with E-state index in [-0.39, 0.29) is 5.91 Å². The molecule has 1 aliphatic heterocycles. The highest BCUT2D eigenvalue weighted by molar-refractivity contribution is 8.26. The predicted molar refractivity (Wildman–Crippen MR) is 116 cm³/mol. The Balaban J connectivity index is 1.37. The molecule has 1 amide bonds. The second kappa shape index (κ2) is 10.3. The first kappa shape index (κ1) is 20.4. The van der Waals surface area contributed by atoms with E-state index in [9.17, 15) is 4.79 Å². The van der Waals surface area contributed by atoms with E-state index in [2.05, 4.69) is 5.32 Å². The predicted octanol–water partition coefficient (Wildman–Crippen LogP) is 3.96. The molecular formula is C21H21NO4S2. The van der Waals surface area contributed by atoms with Crippen molar-refractivity contribution in [1.82, 2.24) is 5.32 Å². The van der Waals surface area contributed by atoms with Gasteiger partial charge in [0.1, 0.15) is 29.0 Å². The minimum Gasteiger partial charge on any atom is -0.491 e. The monoisotopic (exact) mass is 415 g/mol. The van der Waals surface area contributed by atoms with Crippen molar-refractivity contribution in [3.8, 4) is 11.5 Å². The van der Waals surface area contributed by atoms with E-state index in [1.165, 1.54) is 11.8 Å². The Hall–Kier alpha value is -2.35. The summed E-state index contributed by atoms with van der Waals surface area (Å²) in [6.45, 7) is 3.91. The normalized spacial score (nSPS) is 15.0. The van der Waals surface area contributed by atoms with Gasteiger partial charge in [0.2, 0.25) is 0 Å². The van der Waals surface area contributed by atoms with Crippen molar-refractivity contribution in [2.45, 2.75) is 6.92 Å². The Morgan fingerprint density at radius 1 is 1.04 bits per heavy atom. The summed E-state index contributed by atoms with van der Waals surface area (Å²) in [7, 11) is 0. The molecule has 0 unspecified atom stereocenters. The van der Waals surface area contributed by atoms with Crippen LogP contribution in [0.1, 0.15) is 11.1 Å². The van der Waals surface area contributed by atoms with E-state index in [1.54, 1.807) is 6.08 Å². The number of thioether (sulfide) groups is 1. The molecule has 2 aromatic carbocycles. The molecule has 0 bridgehead atoms. The van der Waals surface area contributed by atoms with Gasteiger partial charge in [0.05, 0.1) is 18.1 Å². The van der Waals surface area contributed by atoms with Crippen LogP contribution in [-0.2, 0) is 9.53 Å². The number of rotatable bonds is 9. The van der Waals surface area contributed by atoms with E-state index in [0.29, 0.717) is 35.7 Å². The molecule has 1 fully saturated rings. The standard InChI is InChI=1S/C21H21NO4S2/c1-15-5-2-3-8-18(15)26-12-10-24-9-11-25-17-7-4-6-16(13-17)14-19-20(23)22-21(27)28-19/h2-8,13-14H,9-12H2,1H3,(H,22,23,27)/b19-14-. The molecule has 3 rings (SSSR count). The first-order chi connectivity index (χ1) is 13.6. The average molecular weight is 416 g/mol. The van der Waals surface area contributed by atoms with Gasteiger partial charge in [-0.15, -0.1) is 0 Å². The first-order valence-corrected chi connectivity index (χ1v) is 10.1. The number of para-hydroxylation sites is 1. The minimum absolute atomic E-state index is 0.164. The lowest BCUT2D eigenvalue weighted by atomic mass is 10.2. The van der Waals surface area contributed by atoms with Crippen molar-refractivity contribution in [3.63, 3.8) is 0 Å². The van der Waals surface area contributed by atoms with Crippen LogP contribution in [0.25, 0.3) is 6.08 Å². The number of hydrogen-bond acceptors (Lipinski definition) is 6. The van der Waals surface area contributed by atoms with E-state index in [0.717, 1.165) is 22.6 Å². The van der Waals surface area contributed by atoms with Crippen molar-refractivity contribution in [1.29, 1.82) is 0 Å². The van der Waals surface area contributed by atoms with Gasteiger partial charge in [0.25, 0.3) is 5.91 Å². The summed E-state index contributed by atoms with van der Waals surface area (Å²) in [5, 5.41) is 2.60. The molecule has 1 heterocycles. The summed E-state index contributed by atoms with van der Waals surface area (Å²) in [4.78, 5) is 12.3. The third-order valence-electron chi connectivity index (χ3n) is 3.87. The molecule has 0 atom stereocenters. The molecule has 0 aliphatic carbocycles. The summed E-state index contributed by atoms with van der Waals surface area (Å²) in [6, 6.07) is 15.4. The molecule has 146 valence electrons. The quantitative estimate of drug-likeness (QED) is 0.380. The smallest absolute Gasteiger partial charge is 0.263 e. The molecule has 1 N–H and O–H groups in total. The van der Waals surface area contributed by atoms with Gasteiger partial charge < -0.3 is 19.5 Å². The summed E-state index contributed by atoms with van der Waals surface area (Å²) >= 11 is 6.25. The van der Waals surface area contributed by atoms with Crippen molar-refractivity contribution in [2.24, 2.45) is 0 Å². The van der Waals surface area contributed by atoms with Gasteiger partial charge >= 0.3 is 0 Å². The zero-order valence-electron chi connectivity index (χ0n) is 15.5. The topological polar surface area (TPSA) is 56.8 Å². The van der Waals surface area contributed by atoms with Gasteiger partial charge in [-0.25, -0.2) is 0 Å². The van der Waals surface area contributed by atoms with Gasteiger partial charge in [-0.1, -0.05) is 54.3 Å². The molecule has 0 aromatic heterocycles. The molecule has 0 radical (unpaired) electrons. The highest BCUT2D eigenvalue weighted by Crippen LogP contribution is 2.26. The maximum Gasteiger partial charge on any atom is 0.263 e. The maximum absolute atomic E-state index is 11.7. The van der Waals surface area contributed by atoms with Gasteiger partial charge in [-0.3, -0.25) is 4.79 Å². The first-order valence-electron chi connectivity index (χ1n) is 8.86. The summed E-state index contributed by atoms with van der Waals surface area (Å²) < 4.78 is 17.4. The molecule has 0 saturated carbocycles. The number of benzene rings is 2. The fraction of sp³-hybridized carbons (Fsp3) is 0.238. The fourth-order valence-corrected chi connectivity index (χ4v) is 3.56. The Bertz CT molecular complexity index is 882. The van der Waals surface area contributed by atoms with Crippen LogP contribution in [0, 0.1) is 6.92 Å². The molecule has 0 spiro atoms. The lowest BCUT2D eigenvalue weighted by Crippen LogP contribution is -2.17. The van der Waals surface area contributed by atoms with E-state index < -0.39 is 0 Å². The maximum atomic E-state index is 11.7. The Morgan fingerprint density at radius 3 is 2.57 bits per heavy atom.